The molecule has 1 unspecified atom stereocenters. The molecule has 1 aliphatic heterocycles. The first-order valence-electron chi connectivity index (χ1n) is 5.66. The summed E-state index contributed by atoms with van der Waals surface area (Å²) in [5.74, 6) is -0.409. The molecule has 0 bridgehead atoms. The van der Waals surface area contributed by atoms with Gasteiger partial charge in [0.15, 0.2) is 15.3 Å². The summed E-state index contributed by atoms with van der Waals surface area (Å²) in [7, 11) is -3.07. The second-order valence-corrected chi connectivity index (χ2v) is 6.58. The zero-order chi connectivity index (χ0) is 13.2. The number of carbonyl (C=O) groups is 1. The molecule has 0 radical (unpaired) electrons. The van der Waals surface area contributed by atoms with Crippen molar-refractivity contribution in [3.05, 3.63) is 34.2 Å². The maximum atomic E-state index is 11.8. The highest BCUT2D eigenvalue weighted by Gasteiger charge is 2.26. The fourth-order valence-electron chi connectivity index (χ4n) is 1.99. The maximum Gasteiger partial charge on any atom is 0.256 e. The molecule has 2 heterocycles. The lowest BCUT2D eigenvalue weighted by Crippen LogP contribution is -2.44. The van der Waals surface area contributed by atoms with Gasteiger partial charge < -0.3 is 10.3 Å². The van der Waals surface area contributed by atoms with Crippen molar-refractivity contribution in [1.82, 2.24) is 10.3 Å². The highest BCUT2D eigenvalue weighted by atomic mass is 32.2. The first kappa shape index (κ1) is 12.8. The molecule has 0 saturated carbocycles. The molecule has 0 aromatic carbocycles. The Morgan fingerprint density at radius 1 is 1.44 bits per heavy atom. The lowest BCUT2D eigenvalue weighted by Gasteiger charge is -2.22. The molecule has 1 aromatic rings. The fraction of sp³-hybridized carbons (Fsp3) is 0.455. The highest BCUT2D eigenvalue weighted by molar-refractivity contribution is 7.91. The monoisotopic (exact) mass is 270 g/mol. The van der Waals surface area contributed by atoms with Gasteiger partial charge in [-0.2, -0.15) is 0 Å². The highest BCUT2D eigenvalue weighted by Crippen LogP contribution is 2.12. The van der Waals surface area contributed by atoms with Crippen molar-refractivity contribution < 1.29 is 13.2 Å². The van der Waals surface area contributed by atoms with E-state index >= 15 is 0 Å². The quantitative estimate of drug-likeness (QED) is 0.770. The predicted octanol–water partition coefficient (Wildman–Crippen LogP) is -0.318. The molecule has 0 aliphatic carbocycles. The van der Waals surface area contributed by atoms with Gasteiger partial charge >= 0.3 is 0 Å². The Kier molecular flexibility index (Phi) is 3.51. The summed E-state index contributed by atoms with van der Waals surface area (Å²) in [4.78, 5) is 25.9. The molecule has 1 amide bonds. The normalized spacial score (nSPS) is 22.3. The minimum absolute atomic E-state index is 0.000437. The molecule has 18 heavy (non-hydrogen) atoms. The molecule has 1 fully saturated rings. The van der Waals surface area contributed by atoms with Gasteiger partial charge in [-0.05, 0) is 12.8 Å². The van der Waals surface area contributed by atoms with Gasteiger partial charge in [-0.3, -0.25) is 9.59 Å². The predicted molar refractivity (Wildman–Crippen MR) is 66.2 cm³/mol. The number of aromatic amines is 1. The molecular weight excluding hydrogens is 256 g/mol. The van der Waals surface area contributed by atoms with Crippen molar-refractivity contribution >= 4 is 15.7 Å². The van der Waals surface area contributed by atoms with Crippen LogP contribution in [0.5, 0.6) is 0 Å². The van der Waals surface area contributed by atoms with E-state index in [2.05, 4.69) is 10.3 Å². The van der Waals surface area contributed by atoms with Crippen LogP contribution in [-0.4, -0.2) is 36.9 Å². The van der Waals surface area contributed by atoms with Crippen LogP contribution in [0.25, 0.3) is 0 Å². The standard InChI is InChI=1S/C11H14N2O4S/c14-10-3-4-12-6-9(10)11(15)13-8-2-1-5-18(16,17)7-8/h3-4,6,8H,1-2,5,7H2,(H,12,14)(H,13,15). The van der Waals surface area contributed by atoms with E-state index in [1.54, 1.807) is 0 Å². The molecule has 2 rings (SSSR count). The minimum Gasteiger partial charge on any atom is -0.367 e. The summed E-state index contributed by atoms with van der Waals surface area (Å²) in [6.07, 6.45) is 3.91. The molecular formula is C11H14N2O4S. The van der Waals surface area contributed by atoms with E-state index in [1.165, 1.54) is 18.5 Å². The Balaban J connectivity index is 2.09. The van der Waals surface area contributed by atoms with E-state index in [9.17, 15) is 18.0 Å². The van der Waals surface area contributed by atoms with Gasteiger partial charge in [-0.25, -0.2) is 8.42 Å². The molecule has 98 valence electrons. The van der Waals surface area contributed by atoms with Crippen LogP contribution in [0.2, 0.25) is 0 Å². The zero-order valence-electron chi connectivity index (χ0n) is 9.68. The summed E-state index contributed by atoms with van der Waals surface area (Å²) >= 11 is 0. The Morgan fingerprint density at radius 3 is 2.89 bits per heavy atom. The zero-order valence-corrected chi connectivity index (χ0v) is 10.5. The second-order valence-electron chi connectivity index (χ2n) is 4.35. The van der Waals surface area contributed by atoms with Gasteiger partial charge in [-0.15, -0.1) is 0 Å². The molecule has 7 heteroatoms. The second kappa shape index (κ2) is 4.93. The van der Waals surface area contributed by atoms with Crippen LogP contribution in [-0.2, 0) is 9.84 Å². The Hall–Kier alpha value is -1.63. The van der Waals surface area contributed by atoms with E-state index < -0.39 is 21.8 Å². The fourth-order valence-corrected chi connectivity index (χ4v) is 3.63. The number of aromatic nitrogens is 1. The van der Waals surface area contributed by atoms with Gasteiger partial charge in [0.2, 0.25) is 0 Å². The summed E-state index contributed by atoms with van der Waals surface area (Å²) in [5.41, 5.74) is -0.384. The summed E-state index contributed by atoms with van der Waals surface area (Å²) in [6, 6.07) is 0.850. The first-order valence-corrected chi connectivity index (χ1v) is 7.48. The lowest BCUT2D eigenvalue weighted by atomic mass is 10.1. The van der Waals surface area contributed by atoms with Gasteiger partial charge in [0, 0.05) is 24.5 Å². The Labute approximate surface area is 104 Å². The lowest BCUT2D eigenvalue weighted by molar-refractivity contribution is 0.0937. The van der Waals surface area contributed by atoms with E-state index in [0.29, 0.717) is 12.8 Å². The van der Waals surface area contributed by atoms with Gasteiger partial charge in [0.25, 0.3) is 5.91 Å². The van der Waals surface area contributed by atoms with E-state index in [-0.39, 0.29) is 22.5 Å². The van der Waals surface area contributed by atoms with Crippen molar-refractivity contribution in [2.24, 2.45) is 0 Å². The van der Waals surface area contributed by atoms with E-state index in [4.69, 9.17) is 0 Å². The number of hydrogen-bond acceptors (Lipinski definition) is 4. The van der Waals surface area contributed by atoms with Crippen LogP contribution >= 0.6 is 0 Å². The average molecular weight is 270 g/mol. The molecule has 1 aliphatic rings. The van der Waals surface area contributed by atoms with Crippen LogP contribution in [0, 0.1) is 0 Å². The number of amides is 1. The molecule has 1 atom stereocenters. The van der Waals surface area contributed by atoms with E-state index in [0.717, 1.165) is 0 Å². The van der Waals surface area contributed by atoms with Crippen molar-refractivity contribution in [2.45, 2.75) is 18.9 Å². The third-order valence-electron chi connectivity index (χ3n) is 2.87. The van der Waals surface area contributed by atoms with Crippen LogP contribution in [0.3, 0.4) is 0 Å². The number of sulfone groups is 1. The summed E-state index contributed by atoms with van der Waals surface area (Å²) < 4.78 is 22.9. The first-order chi connectivity index (χ1) is 8.48. The number of pyridine rings is 1. The maximum absolute atomic E-state index is 11.8. The van der Waals surface area contributed by atoms with Gasteiger partial charge in [0.05, 0.1) is 11.5 Å². The third kappa shape index (κ3) is 2.98. The van der Waals surface area contributed by atoms with Crippen LogP contribution in [0.4, 0.5) is 0 Å². The van der Waals surface area contributed by atoms with Crippen molar-refractivity contribution in [3.8, 4) is 0 Å². The van der Waals surface area contributed by atoms with Crippen LogP contribution < -0.4 is 10.7 Å². The van der Waals surface area contributed by atoms with Crippen LogP contribution in [0.1, 0.15) is 23.2 Å². The average Bonchev–Trinajstić information content (AvgIpc) is 2.28. The van der Waals surface area contributed by atoms with Crippen molar-refractivity contribution in [3.63, 3.8) is 0 Å². The summed E-state index contributed by atoms with van der Waals surface area (Å²) in [6.45, 7) is 0. The molecule has 2 N–H and O–H groups in total. The van der Waals surface area contributed by atoms with Crippen molar-refractivity contribution in [2.75, 3.05) is 11.5 Å². The SMILES string of the molecule is O=C(NC1CCCS(=O)(=O)C1)c1c[nH]ccc1=O. The number of H-pyrrole nitrogens is 1. The molecule has 0 spiro atoms. The minimum atomic E-state index is -3.07. The number of rotatable bonds is 2. The molecule has 6 nitrogen and oxygen atoms in total. The third-order valence-corrected chi connectivity index (χ3v) is 4.69. The smallest absolute Gasteiger partial charge is 0.256 e. The topological polar surface area (TPSA) is 96.1 Å². The molecule has 1 aromatic heterocycles. The Bertz CT molecular complexity index is 605. The Morgan fingerprint density at radius 2 is 2.22 bits per heavy atom. The number of carbonyl (C=O) groups excluding carboxylic acids is 1. The largest absolute Gasteiger partial charge is 0.367 e. The molecule has 1 saturated heterocycles. The summed E-state index contributed by atoms with van der Waals surface area (Å²) in [5, 5.41) is 2.59. The van der Waals surface area contributed by atoms with E-state index in [1.807, 2.05) is 0 Å². The number of nitrogens with one attached hydrogen (secondary N) is 2. The van der Waals surface area contributed by atoms with Gasteiger partial charge in [-0.1, -0.05) is 0 Å². The van der Waals surface area contributed by atoms with Crippen molar-refractivity contribution in [1.29, 1.82) is 0 Å². The van der Waals surface area contributed by atoms with Crippen LogP contribution in [0.15, 0.2) is 23.3 Å². The van der Waals surface area contributed by atoms with Gasteiger partial charge in [0.1, 0.15) is 5.56 Å². The number of hydrogen-bond donors (Lipinski definition) is 2.